The van der Waals surface area contributed by atoms with Gasteiger partial charge in [-0.2, -0.15) is 0 Å². The lowest BCUT2D eigenvalue weighted by atomic mass is 10.4. The third kappa shape index (κ3) is 0.718. The van der Waals surface area contributed by atoms with Crippen molar-refractivity contribution in [3.8, 4) is 0 Å². The minimum Gasteiger partial charge on any atom is -0.361 e. The Kier molecular flexibility index (Phi) is 0.998. The topological polar surface area (TPSA) is 28.7 Å². The average Bonchev–Trinajstić information content (AvgIpc) is 2.33. The molecule has 3 heteroatoms. The monoisotopic (exact) mass is 136 g/mol. The first kappa shape index (κ1) is 4.95. The van der Waals surface area contributed by atoms with Crippen molar-refractivity contribution >= 4 is 19.3 Å². The first-order chi connectivity index (χ1) is 4.47. The maximum Gasteiger partial charge on any atom is 0.0531 e. The quantitative estimate of drug-likeness (QED) is 0.590. The highest BCUT2D eigenvalue weighted by molar-refractivity contribution is 7.24. The van der Waals surface area contributed by atoms with Crippen molar-refractivity contribution in [1.29, 1.82) is 0 Å². The highest BCUT2D eigenvalue weighted by atomic mass is 31.0. The molecule has 0 fully saturated rings. The SMILES string of the molecule is c1cc2cnpcc2[nH]1. The number of aromatic nitrogens is 2. The minimum atomic E-state index is 1.03. The first-order valence-corrected chi connectivity index (χ1v) is 3.62. The Balaban J connectivity index is 2.95. The Morgan fingerprint density at radius 1 is 1.56 bits per heavy atom. The Hall–Kier alpha value is -0.880. The van der Waals surface area contributed by atoms with Gasteiger partial charge in [-0.15, -0.1) is 0 Å². The van der Waals surface area contributed by atoms with Crippen LogP contribution in [-0.4, -0.2) is 9.73 Å². The molecule has 2 heterocycles. The second kappa shape index (κ2) is 1.82. The number of nitrogens with zero attached hydrogens (tertiary/aromatic N) is 1. The number of aromatic amines is 1. The summed E-state index contributed by atoms with van der Waals surface area (Å²) in [6, 6.07) is 2.02. The molecule has 2 rings (SSSR count). The summed E-state index contributed by atoms with van der Waals surface area (Å²) in [6.07, 6.45) is 3.81. The molecule has 44 valence electrons. The van der Waals surface area contributed by atoms with E-state index in [9.17, 15) is 0 Å². The van der Waals surface area contributed by atoms with Crippen LogP contribution in [0.4, 0.5) is 0 Å². The van der Waals surface area contributed by atoms with E-state index < -0.39 is 0 Å². The summed E-state index contributed by atoms with van der Waals surface area (Å²) in [7, 11) is 1.03. The number of H-pyrrole nitrogens is 1. The van der Waals surface area contributed by atoms with Crippen molar-refractivity contribution in [2.24, 2.45) is 0 Å². The maximum atomic E-state index is 4.06. The largest absolute Gasteiger partial charge is 0.361 e. The third-order valence-corrected chi connectivity index (χ3v) is 1.89. The van der Waals surface area contributed by atoms with Crippen LogP contribution >= 0.6 is 8.35 Å². The van der Waals surface area contributed by atoms with Gasteiger partial charge >= 0.3 is 0 Å². The molecule has 0 saturated carbocycles. The van der Waals surface area contributed by atoms with Crippen molar-refractivity contribution in [2.45, 2.75) is 0 Å². The fourth-order valence-corrected chi connectivity index (χ4v) is 1.40. The molecule has 2 aromatic heterocycles. The molecule has 0 aromatic carbocycles. The molecular formula is C6H5N2P. The summed E-state index contributed by atoms with van der Waals surface area (Å²) in [4.78, 5) is 3.10. The molecule has 9 heavy (non-hydrogen) atoms. The van der Waals surface area contributed by atoms with Crippen molar-refractivity contribution in [3.05, 3.63) is 24.3 Å². The number of fused-ring (bicyclic) bond motifs is 1. The van der Waals surface area contributed by atoms with Crippen LogP contribution < -0.4 is 0 Å². The van der Waals surface area contributed by atoms with E-state index >= 15 is 0 Å². The van der Waals surface area contributed by atoms with Gasteiger partial charge in [0.2, 0.25) is 0 Å². The average molecular weight is 136 g/mol. The number of nitrogens with one attached hydrogen (secondary N) is 1. The normalized spacial score (nSPS) is 11.1. The molecule has 0 atom stereocenters. The minimum absolute atomic E-state index is 1.03. The zero-order valence-corrected chi connectivity index (χ0v) is 5.60. The summed E-state index contributed by atoms with van der Waals surface area (Å²) in [6.45, 7) is 0. The summed E-state index contributed by atoms with van der Waals surface area (Å²) < 4.78 is 4.06. The zero-order chi connectivity index (χ0) is 6.10. The molecule has 2 aromatic rings. The van der Waals surface area contributed by atoms with Gasteiger partial charge in [-0.1, -0.05) is 0 Å². The van der Waals surface area contributed by atoms with E-state index in [0.29, 0.717) is 0 Å². The van der Waals surface area contributed by atoms with E-state index in [0.717, 1.165) is 8.35 Å². The molecule has 2 nitrogen and oxygen atoms in total. The molecular weight excluding hydrogens is 131 g/mol. The van der Waals surface area contributed by atoms with Crippen molar-refractivity contribution in [1.82, 2.24) is 9.73 Å². The van der Waals surface area contributed by atoms with E-state index in [1.165, 1.54) is 10.9 Å². The van der Waals surface area contributed by atoms with Crippen molar-refractivity contribution in [2.75, 3.05) is 0 Å². The van der Waals surface area contributed by atoms with Gasteiger partial charge in [0, 0.05) is 31.9 Å². The van der Waals surface area contributed by atoms with Crippen LogP contribution in [0, 0.1) is 0 Å². The van der Waals surface area contributed by atoms with Crippen LogP contribution in [0.25, 0.3) is 10.9 Å². The number of hydrogen-bond donors (Lipinski definition) is 1. The number of rotatable bonds is 0. The predicted octanol–water partition coefficient (Wildman–Crippen LogP) is 2.14. The predicted molar refractivity (Wildman–Crippen MR) is 38.6 cm³/mol. The lowest BCUT2D eigenvalue weighted by Gasteiger charge is -1.81. The molecule has 0 amide bonds. The Morgan fingerprint density at radius 3 is 3.44 bits per heavy atom. The second-order valence-corrected chi connectivity index (χ2v) is 2.56. The van der Waals surface area contributed by atoms with Gasteiger partial charge in [0.05, 0.1) is 5.52 Å². The summed E-state index contributed by atoms with van der Waals surface area (Å²) >= 11 is 0. The lowest BCUT2D eigenvalue weighted by Crippen LogP contribution is -1.62. The van der Waals surface area contributed by atoms with Crippen LogP contribution in [0.5, 0.6) is 0 Å². The molecule has 0 aliphatic rings. The van der Waals surface area contributed by atoms with Gasteiger partial charge in [0.15, 0.2) is 0 Å². The molecule has 0 radical (unpaired) electrons. The van der Waals surface area contributed by atoms with E-state index in [1.54, 1.807) is 0 Å². The molecule has 0 unspecified atom stereocenters. The molecule has 0 saturated heterocycles. The van der Waals surface area contributed by atoms with Crippen LogP contribution in [0.2, 0.25) is 0 Å². The van der Waals surface area contributed by atoms with Gasteiger partial charge in [-0.3, -0.25) is 0 Å². The molecule has 0 aliphatic heterocycles. The smallest absolute Gasteiger partial charge is 0.0531 e. The van der Waals surface area contributed by atoms with Crippen molar-refractivity contribution in [3.63, 3.8) is 0 Å². The Labute approximate surface area is 54.1 Å². The summed E-state index contributed by atoms with van der Waals surface area (Å²) in [5.74, 6) is 2.05. The third-order valence-electron chi connectivity index (χ3n) is 1.26. The van der Waals surface area contributed by atoms with Crippen LogP contribution in [-0.2, 0) is 0 Å². The fraction of sp³-hybridized carbons (Fsp3) is 0. The van der Waals surface area contributed by atoms with E-state index in [4.69, 9.17) is 0 Å². The Morgan fingerprint density at radius 2 is 2.56 bits per heavy atom. The fourth-order valence-electron chi connectivity index (χ4n) is 0.805. The van der Waals surface area contributed by atoms with E-state index in [1.807, 2.05) is 18.5 Å². The van der Waals surface area contributed by atoms with Gasteiger partial charge in [0.25, 0.3) is 0 Å². The Bertz CT molecular complexity index is 285. The molecule has 0 spiro atoms. The number of hydrogen-bond acceptors (Lipinski definition) is 1. The molecule has 0 bridgehead atoms. The van der Waals surface area contributed by atoms with Gasteiger partial charge in [-0.25, -0.2) is 4.75 Å². The first-order valence-electron chi connectivity index (χ1n) is 2.70. The molecule has 0 aliphatic carbocycles. The lowest BCUT2D eigenvalue weighted by molar-refractivity contribution is 1.48. The standard InChI is InChI=1S/C6H5N2P/c1-2-7-6-4-9-8-3-5(1)6/h1-4,7H. The van der Waals surface area contributed by atoms with Gasteiger partial charge in [-0.05, 0) is 6.07 Å². The highest BCUT2D eigenvalue weighted by Gasteiger charge is 1.88. The van der Waals surface area contributed by atoms with Gasteiger partial charge < -0.3 is 4.98 Å². The van der Waals surface area contributed by atoms with Crippen LogP contribution in [0.15, 0.2) is 24.3 Å². The van der Waals surface area contributed by atoms with E-state index in [2.05, 4.69) is 15.5 Å². The van der Waals surface area contributed by atoms with Crippen molar-refractivity contribution < 1.29 is 0 Å². The van der Waals surface area contributed by atoms with E-state index in [-0.39, 0.29) is 0 Å². The maximum absolute atomic E-state index is 4.06. The molecule has 1 N–H and O–H groups in total. The highest BCUT2D eigenvalue weighted by Crippen LogP contribution is 2.12. The van der Waals surface area contributed by atoms with Gasteiger partial charge in [0.1, 0.15) is 0 Å². The van der Waals surface area contributed by atoms with Crippen LogP contribution in [0.3, 0.4) is 0 Å². The zero-order valence-electron chi connectivity index (χ0n) is 4.70. The second-order valence-electron chi connectivity index (χ2n) is 1.84. The summed E-state index contributed by atoms with van der Waals surface area (Å²) in [5, 5.41) is 1.19. The van der Waals surface area contributed by atoms with Crippen LogP contribution in [0.1, 0.15) is 0 Å². The summed E-state index contributed by atoms with van der Waals surface area (Å²) in [5.41, 5.74) is 1.19.